The van der Waals surface area contributed by atoms with Gasteiger partial charge in [-0.2, -0.15) is 13.2 Å². The Morgan fingerprint density at radius 3 is 2.30 bits per heavy atom. The van der Waals surface area contributed by atoms with Crippen LogP contribution < -0.4 is 25.9 Å². The molecule has 6 aliphatic rings. The summed E-state index contributed by atoms with van der Waals surface area (Å²) >= 11 is 0. The number of nitrogens with one attached hydrogen (secondary N) is 1. The van der Waals surface area contributed by atoms with Gasteiger partial charge in [0.1, 0.15) is 5.82 Å². The number of carbonyl (C=O) groups excluding carboxylic acids is 2. The molecule has 0 spiro atoms. The highest BCUT2D eigenvalue weighted by atomic mass is 19.4. The van der Waals surface area contributed by atoms with Gasteiger partial charge in [0.25, 0.3) is 0 Å². The number of nitrogens with zero attached hydrogens (tertiary/aromatic N) is 5. The lowest BCUT2D eigenvalue weighted by Crippen LogP contribution is -2.62. The predicted molar refractivity (Wildman–Crippen MR) is 158 cm³/mol. The van der Waals surface area contributed by atoms with E-state index in [0.717, 1.165) is 55.0 Å². The molecular weight excluding hydrogens is 575 g/mol. The molecule has 1 aromatic heterocycles. The van der Waals surface area contributed by atoms with Crippen LogP contribution in [0.1, 0.15) is 32.1 Å². The van der Waals surface area contributed by atoms with Crippen LogP contribution in [0.5, 0.6) is 0 Å². The molecule has 3 heterocycles. The van der Waals surface area contributed by atoms with Crippen molar-refractivity contribution in [3.8, 4) is 0 Å². The van der Waals surface area contributed by atoms with Crippen LogP contribution in [-0.2, 0) is 9.63 Å². The van der Waals surface area contributed by atoms with E-state index in [1.807, 2.05) is 36.4 Å². The molecule has 8 rings (SSSR count). The summed E-state index contributed by atoms with van der Waals surface area (Å²) in [6.07, 6.45) is 1.47. The van der Waals surface area contributed by atoms with E-state index in [2.05, 4.69) is 15.1 Å². The van der Waals surface area contributed by atoms with Crippen LogP contribution in [-0.4, -0.2) is 79.9 Å². The first-order chi connectivity index (χ1) is 21.1. The van der Waals surface area contributed by atoms with Crippen molar-refractivity contribution in [3.05, 3.63) is 42.6 Å². The van der Waals surface area contributed by atoms with Crippen LogP contribution in [0.4, 0.5) is 40.8 Å². The molecule has 3 unspecified atom stereocenters. The van der Waals surface area contributed by atoms with Crippen molar-refractivity contribution in [1.82, 2.24) is 15.2 Å². The molecule has 3 N–H and O–H groups in total. The zero-order valence-corrected chi connectivity index (χ0v) is 24.5. The average Bonchev–Trinajstić information content (AvgIpc) is 2.98. The van der Waals surface area contributed by atoms with Crippen molar-refractivity contribution in [2.75, 3.05) is 60.7 Å². The first-order valence-electron chi connectivity index (χ1n) is 15.5. The number of para-hydroxylation sites is 2. The van der Waals surface area contributed by atoms with Crippen LogP contribution in [0.25, 0.3) is 0 Å². The predicted octanol–water partition coefficient (Wildman–Crippen LogP) is 4.05. The SMILES string of the molecule is NC(=O)C12CC3C[C@H](C1)C(NC(=O)ON1CCN(c4ccc(N5CCN(CC(F)(F)F)CC5)cn4)c4ccccc41)[C@@H](C3)C2. The molecule has 4 saturated carbocycles. The number of benzene rings is 1. The molecule has 44 heavy (non-hydrogen) atoms. The van der Waals surface area contributed by atoms with Crippen LogP contribution in [0.15, 0.2) is 42.6 Å². The van der Waals surface area contributed by atoms with Gasteiger partial charge < -0.3 is 25.7 Å². The van der Waals surface area contributed by atoms with Crippen molar-refractivity contribution in [1.29, 1.82) is 0 Å². The Bertz CT molecular complexity index is 1380. The number of amides is 2. The number of nitrogens with two attached hydrogens (primary N) is 1. The molecule has 236 valence electrons. The van der Waals surface area contributed by atoms with Crippen molar-refractivity contribution in [2.24, 2.45) is 28.9 Å². The molecule has 4 aliphatic carbocycles. The van der Waals surface area contributed by atoms with E-state index >= 15 is 0 Å². The number of hydrogen-bond donors (Lipinski definition) is 2. The maximum Gasteiger partial charge on any atom is 0.431 e. The van der Waals surface area contributed by atoms with Gasteiger partial charge in [-0.25, -0.2) is 14.8 Å². The van der Waals surface area contributed by atoms with Gasteiger partial charge in [0.2, 0.25) is 5.91 Å². The number of halogens is 3. The number of rotatable bonds is 6. The van der Waals surface area contributed by atoms with Gasteiger partial charge in [0.05, 0.1) is 36.3 Å². The highest BCUT2D eigenvalue weighted by Gasteiger charge is 2.58. The summed E-state index contributed by atoms with van der Waals surface area (Å²) in [6.45, 7) is 1.79. The van der Waals surface area contributed by atoms with E-state index in [0.29, 0.717) is 45.2 Å². The lowest BCUT2D eigenvalue weighted by molar-refractivity contribution is -0.146. The number of piperazine rings is 1. The van der Waals surface area contributed by atoms with Crippen molar-refractivity contribution < 1.29 is 27.6 Å². The zero-order chi connectivity index (χ0) is 30.6. The number of carbonyl (C=O) groups is 2. The van der Waals surface area contributed by atoms with Gasteiger partial charge in [-0.15, -0.1) is 0 Å². The summed E-state index contributed by atoms with van der Waals surface area (Å²) in [5, 5.41) is 4.77. The molecule has 2 aromatic rings. The molecule has 13 heteroatoms. The normalized spacial score (nSPS) is 29.8. The number of fused-ring (bicyclic) bond motifs is 1. The quantitative estimate of drug-likeness (QED) is 0.503. The van der Waals surface area contributed by atoms with E-state index < -0.39 is 24.2 Å². The Morgan fingerprint density at radius 2 is 1.66 bits per heavy atom. The highest BCUT2D eigenvalue weighted by molar-refractivity contribution is 5.82. The van der Waals surface area contributed by atoms with Gasteiger partial charge in [-0.05, 0) is 74.1 Å². The van der Waals surface area contributed by atoms with Gasteiger partial charge in [-0.1, -0.05) is 12.1 Å². The number of hydrogen-bond acceptors (Lipinski definition) is 8. The Morgan fingerprint density at radius 1 is 0.955 bits per heavy atom. The Hall–Kier alpha value is -3.74. The van der Waals surface area contributed by atoms with Gasteiger partial charge >= 0.3 is 12.3 Å². The molecule has 10 nitrogen and oxygen atoms in total. The number of primary amides is 1. The van der Waals surface area contributed by atoms with Crippen LogP contribution in [0.3, 0.4) is 0 Å². The first-order valence-corrected chi connectivity index (χ1v) is 15.5. The van der Waals surface area contributed by atoms with Gasteiger partial charge in [-0.3, -0.25) is 9.69 Å². The van der Waals surface area contributed by atoms with E-state index in [9.17, 15) is 22.8 Å². The molecule has 2 aliphatic heterocycles. The topological polar surface area (TPSA) is 107 Å². The summed E-state index contributed by atoms with van der Waals surface area (Å²) in [4.78, 5) is 41.6. The third kappa shape index (κ3) is 5.50. The lowest BCUT2D eigenvalue weighted by atomic mass is 9.47. The first kappa shape index (κ1) is 29.0. The smallest absolute Gasteiger partial charge is 0.369 e. The molecule has 4 bridgehead atoms. The van der Waals surface area contributed by atoms with Crippen molar-refractivity contribution in [2.45, 2.75) is 44.3 Å². The van der Waals surface area contributed by atoms with Crippen LogP contribution in [0, 0.1) is 23.2 Å². The molecule has 2 amide bonds. The minimum absolute atomic E-state index is 0.0154. The van der Waals surface area contributed by atoms with E-state index in [1.54, 1.807) is 11.3 Å². The maximum absolute atomic E-state index is 13.2. The van der Waals surface area contributed by atoms with E-state index in [4.69, 9.17) is 15.6 Å². The van der Waals surface area contributed by atoms with Crippen LogP contribution >= 0.6 is 0 Å². The summed E-state index contributed by atoms with van der Waals surface area (Å²) in [7, 11) is 0. The number of alkyl halides is 3. The van der Waals surface area contributed by atoms with Crippen molar-refractivity contribution >= 4 is 34.9 Å². The third-order valence-corrected chi connectivity index (χ3v) is 10.4. The fourth-order valence-corrected chi connectivity index (χ4v) is 8.63. The second-order valence-corrected chi connectivity index (χ2v) is 13.2. The Balaban J connectivity index is 0.985. The summed E-state index contributed by atoms with van der Waals surface area (Å²) in [6, 6.07) is 11.5. The largest absolute Gasteiger partial charge is 0.431 e. The number of pyridine rings is 1. The molecule has 1 saturated heterocycles. The molecule has 5 fully saturated rings. The zero-order valence-electron chi connectivity index (χ0n) is 24.5. The fraction of sp³-hybridized carbons (Fsp3) is 0.581. The number of anilines is 4. The second kappa shape index (κ2) is 11.0. The van der Waals surface area contributed by atoms with Gasteiger partial charge in [0.15, 0.2) is 0 Å². The average molecular weight is 614 g/mol. The van der Waals surface area contributed by atoms with Gasteiger partial charge in [0, 0.05) is 44.2 Å². The maximum atomic E-state index is 13.2. The van der Waals surface area contributed by atoms with E-state index in [-0.39, 0.29) is 23.8 Å². The minimum atomic E-state index is -4.19. The highest BCUT2D eigenvalue weighted by Crippen LogP contribution is 2.60. The standard InChI is InChI=1S/C31H38F3N7O3/c32-31(33,34)19-38-7-9-39(10-8-38)23-5-6-26(36-18-23)40-11-12-41(25-4-2-1-3-24(25)40)44-29(43)37-27-21-13-20-14-22(27)17-30(15-20,16-21)28(35)42/h1-6,18,20-22,27H,7-17,19H2,(H2,35,42)(H,37,43)/t20?,21-,22+,27?,30?. The Kier molecular flexibility index (Phi) is 7.25. The summed E-state index contributed by atoms with van der Waals surface area (Å²) in [5.41, 5.74) is 7.89. The molecule has 1 aromatic carbocycles. The fourth-order valence-electron chi connectivity index (χ4n) is 8.63. The number of aromatic nitrogens is 1. The molecule has 5 atom stereocenters. The van der Waals surface area contributed by atoms with Crippen molar-refractivity contribution in [3.63, 3.8) is 0 Å². The molecular formula is C31H38F3N7O3. The summed E-state index contributed by atoms with van der Waals surface area (Å²) in [5.74, 6) is 1.52. The number of hydroxylamine groups is 1. The minimum Gasteiger partial charge on any atom is -0.369 e. The molecule has 0 radical (unpaired) electrons. The summed E-state index contributed by atoms with van der Waals surface area (Å²) < 4.78 is 38.2. The monoisotopic (exact) mass is 613 g/mol. The van der Waals surface area contributed by atoms with Crippen LogP contribution in [0.2, 0.25) is 0 Å². The lowest BCUT2D eigenvalue weighted by Gasteiger charge is -2.58. The van der Waals surface area contributed by atoms with E-state index in [1.165, 1.54) is 4.90 Å². The third-order valence-electron chi connectivity index (χ3n) is 10.4. The second-order valence-electron chi connectivity index (χ2n) is 13.2. The Labute approximate surface area is 254 Å².